The monoisotopic (exact) mass is 517 g/mol. The molecule has 36 heavy (non-hydrogen) atoms. The van der Waals surface area contributed by atoms with Gasteiger partial charge >= 0.3 is 0 Å². The number of halogens is 2. The van der Waals surface area contributed by atoms with E-state index in [1.807, 2.05) is 49.4 Å². The van der Waals surface area contributed by atoms with Crippen LogP contribution in [0.25, 0.3) is 16.5 Å². The highest BCUT2D eigenvalue weighted by molar-refractivity contribution is 6.52. The Morgan fingerprint density at radius 3 is 2.42 bits per heavy atom. The third kappa shape index (κ3) is 3.91. The first-order valence-corrected chi connectivity index (χ1v) is 12.0. The SMILES string of the molecule is COc1c(Cl)cc(C)cc1/C(O)=C1\C(=O)C(=O)N(c2cccc(Cl)c2)C1c1cccc2ccccc12. The molecule has 1 unspecified atom stereocenters. The van der Waals surface area contributed by atoms with Gasteiger partial charge < -0.3 is 9.84 Å². The molecular weight excluding hydrogens is 497 g/mol. The number of methoxy groups -OCH3 is 1. The van der Waals surface area contributed by atoms with Crippen molar-refractivity contribution >= 4 is 57.1 Å². The maximum atomic E-state index is 13.6. The molecule has 0 bridgehead atoms. The minimum Gasteiger partial charge on any atom is -0.507 e. The molecule has 4 aromatic carbocycles. The molecular formula is C29H21Cl2NO4. The highest BCUT2D eigenvalue weighted by Crippen LogP contribution is 2.46. The maximum Gasteiger partial charge on any atom is 0.300 e. The third-order valence-corrected chi connectivity index (χ3v) is 6.81. The summed E-state index contributed by atoms with van der Waals surface area (Å²) >= 11 is 12.6. The molecule has 0 aliphatic carbocycles. The summed E-state index contributed by atoms with van der Waals surface area (Å²) < 4.78 is 5.46. The number of hydrogen-bond donors (Lipinski definition) is 1. The predicted molar refractivity (Wildman–Crippen MR) is 143 cm³/mol. The van der Waals surface area contributed by atoms with Gasteiger partial charge in [-0.25, -0.2) is 0 Å². The number of aryl methyl sites for hydroxylation is 1. The summed E-state index contributed by atoms with van der Waals surface area (Å²) in [7, 11) is 1.43. The van der Waals surface area contributed by atoms with E-state index in [1.54, 1.807) is 36.4 Å². The molecule has 1 atom stereocenters. The van der Waals surface area contributed by atoms with Crippen LogP contribution in [0.2, 0.25) is 10.0 Å². The lowest BCUT2D eigenvalue weighted by molar-refractivity contribution is -0.132. The van der Waals surface area contributed by atoms with Gasteiger partial charge in [-0.1, -0.05) is 71.7 Å². The number of amides is 1. The van der Waals surface area contributed by atoms with Crippen LogP contribution in [0.1, 0.15) is 22.7 Å². The van der Waals surface area contributed by atoms with E-state index in [-0.39, 0.29) is 27.7 Å². The van der Waals surface area contributed by atoms with Gasteiger partial charge in [-0.05, 0) is 59.2 Å². The van der Waals surface area contributed by atoms with Crippen molar-refractivity contribution in [1.29, 1.82) is 0 Å². The summed E-state index contributed by atoms with van der Waals surface area (Å²) in [4.78, 5) is 28.4. The van der Waals surface area contributed by atoms with Crippen LogP contribution in [-0.2, 0) is 9.59 Å². The molecule has 1 aliphatic rings. The van der Waals surface area contributed by atoms with Crippen molar-refractivity contribution in [1.82, 2.24) is 0 Å². The van der Waals surface area contributed by atoms with Crippen LogP contribution in [0.4, 0.5) is 5.69 Å². The number of ether oxygens (including phenoxy) is 1. The molecule has 1 fully saturated rings. The average Bonchev–Trinajstić information content (AvgIpc) is 3.13. The van der Waals surface area contributed by atoms with Gasteiger partial charge in [0.25, 0.3) is 11.7 Å². The Hall–Kier alpha value is -3.80. The fourth-order valence-corrected chi connectivity index (χ4v) is 5.30. The van der Waals surface area contributed by atoms with Gasteiger partial charge in [0, 0.05) is 10.7 Å². The fourth-order valence-electron chi connectivity index (χ4n) is 4.77. The summed E-state index contributed by atoms with van der Waals surface area (Å²) in [5, 5.41) is 14.1. The van der Waals surface area contributed by atoms with Gasteiger partial charge in [0.05, 0.1) is 29.3 Å². The molecule has 0 saturated carbocycles. The number of carbonyl (C=O) groups is 2. The van der Waals surface area contributed by atoms with Gasteiger partial charge in [0.1, 0.15) is 11.5 Å². The van der Waals surface area contributed by atoms with E-state index in [2.05, 4.69) is 0 Å². The Morgan fingerprint density at radius 2 is 1.67 bits per heavy atom. The summed E-state index contributed by atoms with van der Waals surface area (Å²) in [5.41, 5.74) is 2.06. The number of aliphatic hydroxyl groups is 1. The average molecular weight is 518 g/mol. The largest absolute Gasteiger partial charge is 0.507 e. The van der Waals surface area contributed by atoms with E-state index in [9.17, 15) is 14.7 Å². The lowest BCUT2D eigenvalue weighted by Gasteiger charge is -2.27. The van der Waals surface area contributed by atoms with Gasteiger partial charge in [-0.2, -0.15) is 0 Å². The van der Waals surface area contributed by atoms with Crippen LogP contribution in [0.15, 0.2) is 84.4 Å². The Morgan fingerprint density at radius 1 is 0.944 bits per heavy atom. The highest BCUT2D eigenvalue weighted by atomic mass is 35.5. The van der Waals surface area contributed by atoms with E-state index >= 15 is 0 Å². The van der Waals surface area contributed by atoms with E-state index in [0.29, 0.717) is 16.3 Å². The van der Waals surface area contributed by atoms with Crippen LogP contribution in [0.3, 0.4) is 0 Å². The topological polar surface area (TPSA) is 66.8 Å². The molecule has 1 heterocycles. The van der Waals surface area contributed by atoms with Crippen molar-refractivity contribution in [2.45, 2.75) is 13.0 Å². The minimum absolute atomic E-state index is 0.0590. The standard InChI is InChI=1S/C29H21Cl2NO4/c1-16-13-22(28(36-2)23(31)14-16)26(33)24-25(21-12-5-8-17-7-3-4-11-20(17)21)32(29(35)27(24)34)19-10-6-9-18(30)15-19/h3-15,25,33H,1-2H3/b26-24+. The quantitative estimate of drug-likeness (QED) is 0.178. The van der Waals surface area contributed by atoms with Crippen molar-refractivity contribution < 1.29 is 19.4 Å². The van der Waals surface area contributed by atoms with E-state index in [0.717, 1.165) is 16.3 Å². The van der Waals surface area contributed by atoms with Crippen molar-refractivity contribution in [2.24, 2.45) is 0 Å². The van der Waals surface area contributed by atoms with Crippen LogP contribution >= 0.6 is 23.2 Å². The predicted octanol–water partition coefficient (Wildman–Crippen LogP) is 7.09. The molecule has 1 amide bonds. The Bertz CT molecular complexity index is 1570. The summed E-state index contributed by atoms with van der Waals surface area (Å²) in [5.74, 6) is -1.73. The van der Waals surface area contributed by atoms with E-state index in [4.69, 9.17) is 27.9 Å². The van der Waals surface area contributed by atoms with E-state index < -0.39 is 17.7 Å². The molecule has 7 heteroatoms. The lowest BCUT2D eigenvalue weighted by atomic mass is 9.91. The maximum absolute atomic E-state index is 13.6. The molecule has 180 valence electrons. The number of carbonyl (C=O) groups excluding carboxylic acids is 2. The molecule has 1 N–H and O–H groups in total. The van der Waals surface area contributed by atoms with Crippen LogP contribution in [-0.4, -0.2) is 23.9 Å². The molecule has 0 aromatic heterocycles. The molecule has 0 spiro atoms. The number of fused-ring (bicyclic) bond motifs is 1. The molecule has 4 aromatic rings. The second-order valence-electron chi connectivity index (χ2n) is 8.54. The van der Waals surface area contributed by atoms with Crippen molar-refractivity contribution in [3.8, 4) is 5.75 Å². The molecule has 0 radical (unpaired) electrons. The Labute approximate surface area is 218 Å². The van der Waals surface area contributed by atoms with Crippen LogP contribution < -0.4 is 9.64 Å². The molecule has 1 aliphatic heterocycles. The molecule has 5 rings (SSSR count). The van der Waals surface area contributed by atoms with Gasteiger partial charge in [-0.15, -0.1) is 0 Å². The second kappa shape index (κ2) is 9.34. The number of nitrogens with zero attached hydrogens (tertiary/aromatic N) is 1. The smallest absolute Gasteiger partial charge is 0.300 e. The number of benzene rings is 4. The number of aliphatic hydroxyl groups excluding tert-OH is 1. The number of rotatable bonds is 4. The van der Waals surface area contributed by atoms with E-state index in [1.165, 1.54) is 12.0 Å². The van der Waals surface area contributed by atoms with Crippen LogP contribution in [0.5, 0.6) is 5.75 Å². The first-order valence-electron chi connectivity index (χ1n) is 11.2. The lowest BCUT2D eigenvalue weighted by Crippen LogP contribution is -2.29. The number of Topliss-reactive ketones (excluding diaryl/α,β-unsaturated/α-hetero) is 1. The van der Waals surface area contributed by atoms with Gasteiger partial charge in [0.2, 0.25) is 0 Å². The zero-order chi connectivity index (χ0) is 25.6. The number of anilines is 1. The number of hydrogen-bond acceptors (Lipinski definition) is 4. The van der Waals surface area contributed by atoms with Crippen LogP contribution in [0, 0.1) is 6.92 Å². The third-order valence-electron chi connectivity index (χ3n) is 6.30. The normalized spacial score (nSPS) is 17.1. The Kier molecular flexibility index (Phi) is 6.20. The zero-order valence-electron chi connectivity index (χ0n) is 19.5. The van der Waals surface area contributed by atoms with Gasteiger partial charge in [-0.3, -0.25) is 14.5 Å². The zero-order valence-corrected chi connectivity index (χ0v) is 21.0. The highest BCUT2D eigenvalue weighted by Gasteiger charge is 2.47. The molecule has 5 nitrogen and oxygen atoms in total. The minimum atomic E-state index is -0.918. The van der Waals surface area contributed by atoms with Crippen molar-refractivity contribution in [3.05, 3.63) is 111 Å². The summed E-state index contributed by atoms with van der Waals surface area (Å²) in [6, 6.07) is 22.5. The number of ketones is 1. The first-order chi connectivity index (χ1) is 17.3. The Balaban J connectivity index is 1.85. The summed E-state index contributed by atoms with van der Waals surface area (Å²) in [6.45, 7) is 1.81. The first kappa shape index (κ1) is 23.9. The van der Waals surface area contributed by atoms with Crippen molar-refractivity contribution in [2.75, 3.05) is 12.0 Å². The van der Waals surface area contributed by atoms with Crippen molar-refractivity contribution in [3.63, 3.8) is 0 Å². The van der Waals surface area contributed by atoms with Gasteiger partial charge in [0.15, 0.2) is 0 Å². The summed E-state index contributed by atoms with van der Waals surface area (Å²) in [6.07, 6.45) is 0. The second-order valence-corrected chi connectivity index (χ2v) is 9.39. The fraction of sp³-hybridized carbons (Fsp3) is 0.103. The molecule has 1 saturated heterocycles.